The Hall–Kier alpha value is -1.31. The molecule has 0 aliphatic heterocycles. The number of hydrogen-bond donors (Lipinski definition) is 0. The van der Waals surface area contributed by atoms with Crippen molar-refractivity contribution < 1.29 is 4.79 Å². The molecule has 0 spiro atoms. The summed E-state index contributed by atoms with van der Waals surface area (Å²) in [6.07, 6.45) is 1.78. The van der Waals surface area contributed by atoms with Crippen molar-refractivity contribution >= 4 is 12.1 Å². The fourth-order valence-electron chi connectivity index (χ4n) is 0.821. The highest BCUT2D eigenvalue weighted by molar-refractivity contribution is 5.74. The van der Waals surface area contributed by atoms with Gasteiger partial charge in [0.25, 0.3) is 0 Å². The van der Waals surface area contributed by atoms with Crippen molar-refractivity contribution in [2.24, 2.45) is 0 Å². The van der Waals surface area contributed by atoms with Gasteiger partial charge in [-0.3, -0.25) is 4.79 Å². The van der Waals surface area contributed by atoms with Crippen LogP contribution in [-0.2, 0) is 4.79 Å². The van der Waals surface area contributed by atoms with Crippen molar-refractivity contribution in [1.29, 1.82) is 0 Å². The normalized spacial score (nSPS) is 9.27. The van der Waals surface area contributed by atoms with Crippen molar-refractivity contribution in [3.8, 4) is 0 Å². The minimum atomic E-state index is 0.866. The summed E-state index contributed by atoms with van der Waals surface area (Å²) >= 11 is 0. The first-order valence-corrected chi connectivity index (χ1v) is 3.42. The molecule has 1 radical (unpaired) electrons. The van der Waals surface area contributed by atoms with Crippen molar-refractivity contribution in [3.63, 3.8) is 0 Å². The number of hydrogen-bond acceptors (Lipinski definition) is 1. The smallest absolute Gasteiger partial charge is 0.307 e. The molecule has 57 valence electrons. The van der Waals surface area contributed by atoms with E-state index in [1.807, 2.05) is 31.2 Å². The van der Waals surface area contributed by atoms with Gasteiger partial charge in [0.2, 0.25) is 0 Å². The second-order valence-electron chi connectivity index (χ2n) is 2.49. The SMILES string of the molecule is Cc1ccc(N(C)[C]=O)cc1. The lowest BCUT2D eigenvalue weighted by Crippen LogP contribution is -2.13. The lowest BCUT2D eigenvalue weighted by Gasteiger charge is -2.08. The van der Waals surface area contributed by atoms with Gasteiger partial charge in [-0.2, -0.15) is 0 Å². The lowest BCUT2D eigenvalue weighted by atomic mass is 10.2. The van der Waals surface area contributed by atoms with Crippen LogP contribution in [0.15, 0.2) is 24.3 Å². The molecular weight excluding hydrogens is 138 g/mol. The summed E-state index contributed by atoms with van der Waals surface area (Å²) < 4.78 is 0. The molecule has 1 rings (SSSR count). The van der Waals surface area contributed by atoms with E-state index in [4.69, 9.17) is 0 Å². The quantitative estimate of drug-likeness (QED) is 0.582. The number of rotatable bonds is 2. The third-order valence-electron chi connectivity index (χ3n) is 1.56. The monoisotopic (exact) mass is 148 g/mol. The van der Waals surface area contributed by atoms with Crippen LogP contribution in [0.2, 0.25) is 0 Å². The molecule has 0 heterocycles. The van der Waals surface area contributed by atoms with Crippen LogP contribution in [-0.4, -0.2) is 13.5 Å². The van der Waals surface area contributed by atoms with E-state index in [0.29, 0.717) is 0 Å². The second kappa shape index (κ2) is 3.19. The highest BCUT2D eigenvalue weighted by Gasteiger charge is 1.96. The largest absolute Gasteiger partial charge is 0.316 e. The van der Waals surface area contributed by atoms with E-state index >= 15 is 0 Å². The molecule has 0 N–H and O–H groups in total. The molecule has 1 aromatic carbocycles. The molecule has 1 aromatic rings. The van der Waals surface area contributed by atoms with Gasteiger partial charge in [-0.15, -0.1) is 0 Å². The summed E-state index contributed by atoms with van der Waals surface area (Å²) in [5, 5.41) is 0. The van der Waals surface area contributed by atoms with Crippen LogP contribution >= 0.6 is 0 Å². The van der Waals surface area contributed by atoms with Gasteiger partial charge in [0, 0.05) is 12.7 Å². The number of benzene rings is 1. The predicted octanol–water partition coefficient (Wildman–Crippen LogP) is 1.50. The molecule has 0 unspecified atom stereocenters. The molecule has 11 heavy (non-hydrogen) atoms. The third kappa shape index (κ3) is 1.80. The molecule has 0 aliphatic rings. The zero-order valence-electron chi connectivity index (χ0n) is 6.66. The van der Waals surface area contributed by atoms with Crippen LogP contribution in [0, 0.1) is 6.92 Å². The summed E-state index contributed by atoms with van der Waals surface area (Å²) in [6.45, 7) is 2.01. The molecular formula is C9H10NO. The van der Waals surface area contributed by atoms with Gasteiger partial charge >= 0.3 is 6.41 Å². The van der Waals surface area contributed by atoms with Crippen LogP contribution in [0.4, 0.5) is 5.69 Å². The molecule has 0 saturated heterocycles. The molecule has 2 heteroatoms. The second-order valence-corrected chi connectivity index (χ2v) is 2.49. The number of anilines is 1. The Kier molecular flexibility index (Phi) is 2.26. The van der Waals surface area contributed by atoms with Gasteiger partial charge in [0.1, 0.15) is 0 Å². The van der Waals surface area contributed by atoms with Crippen LogP contribution in [0.1, 0.15) is 5.56 Å². The van der Waals surface area contributed by atoms with E-state index in [-0.39, 0.29) is 0 Å². The van der Waals surface area contributed by atoms with E-state index in [2.05, 4.69) is 0 Å². The molecule has 0 fully saturated rings. The Labute approximate surface area is 66.4 Å². The van der Waals surface area contributed by atoms with E-state index < -0.39 is 0 Å². The first-order chi connectivity index (χ1) is 5.24. The highest BCUT2D eigenvalue weighted by atomic mass is 16.1. The van der Waals surface area contributed by atoms with Crippen LogP contribution in [0.5, 0.6) is 0 Å². The maximum atomic E-state index is 10.2. The van der Waals surface area contributed by atoms with E-state index in [0.717, 1.165) is 5.69 Å². The first-order valence-electron chi connectivity index (χ1n) is 3.42. The standard InChI is InChI=1S/C9H10NO/c1-8-3-5-9(6-4-8)10(2)7-11/h3-6H,1-2H3. The molecule has 0 saturated carbocycles. The Morgan fingerprint density at radius 1 is 1.27 bits per heavy atom. The predicted molar refractivity (Wildman–Crippen MR) is 45.3 cm³/mol. The average Bonchev–Trinajstić information content (AvgIpc) is 2.05. The van der Waals surface area contributed by atoms with Crippen molar-refractivity contribution in [1.82, 2.24) is 0 Å². The molecule has 0 atom stereocenters. The summed E-state index contributed by atoms with van der Waals surface area (Å²) in [5.74, 6) is 0. The lowest BCUT2D eigenvalue weighted by molar-refractivity contribution is 0.554. The van der Waals surface area contributed by atoms with Crippen LogP contribution in [0.25, 0.3) is 0 Å². The van der Waals surface area contributed by atoms with Crippen molar-refractivity contribution in [2.75, 3.05) is 11.9 Å². The highest BCUT2D eigenvalue weighted by Crippen LogP contribution is 2.10. The zero-order chi connectivity index (χ0) is 8.27. The van der Waals surface area contributed by atoms with Gasteiger partial charge in [-0.05, 0) is 19.1 Å². The molecule has 0 aliphatic carbocycles. The first kappa shape index (κ1) is 7.79. The van der Waals surface area contributed by atoms with Gasteiger partial charge in [-0.25, -0.2) is 0 Å². The Morgan fingerprint density at radius 2 is 1.82 bits per heavy atom. The Morgan fingerprint density at radius 3 is 2.27 bits per heavy atom. The average molecular weight is 148 g/mol. The fourth-order valence-corrected chi connectivity index (χ4v) is 0.821. The number of aryl methyl sites for hydroxylation is 1. The summed E-state index contributed by atoms with van der Waals surface area (Å²) in [7, 11) is 1.68. The maximum absolute atomic E-state index is 10.2. The van der Waals surface area contributed by atoms with E-state index in [1.54, 1.807) is 13.5 Å². The minimum absolute atomic E-state index is 0.866. The zero-order valence-corrected chi connectivity index (χ0v) is 6.66. The number of amides is 1. The van der Waals surface area contributed by atoms with Gasteiger partial charge in [0.05, 0.1) is 0 Å². The third-order valence-corrected chi connectivity index (χ3v) is 1.56. The molecule has 2 nitrogen and oxygen atoms in total. The van der Waals surface area contributed by atoms with Gasteiger partial charge in [-0.1, -0.05) is 17.7 Å². The van der Waals surface area contributed by atoms with Crippen molar-refractivity contribution in [3.05, 3.63) is 29.8 Å². The Balaban J connectivity index is 2.89. The fraction of sp³-hybridized carbons (Fsp3) is 0.222. The number of carbonyl (C=O) groups excluding carboxylic acids is 1. The summed E-state index contributed by atoms with van der Waals surface area (Å²) in [5.41, 5.74) is 2.05. The maximum Gasteiger partial charge on any atom is 0.316 e. The van der Waals surface area contributed by atoms with Crippen LogP contribution in [0.3, 0.4) is 0 Å². The molecule has 0 bridgehead atoms. The summed E-state index contributed by atoms with van der Waals surface area (Å²) in [4.78, 5) is 11.6. The number of nitrogens with zero attached hydrogens (tertiary/aromatic N) is 1. The van der Waals surface area contributed by atoms with E-state index in [9.17, 15) is 4.79 Å². The van der Waals surface area contributed by atoms with E-state index in [1.165, 1.54) is 10.5 Å². The minimum Gasteiger partial charge on any atom is -0.307 e. The van der Waals surface area contributed by atoms with Gasteiger partial charge < -0.3 is 4.90 Å². The Bertz CT molecular complexity index is 240. The molecule has 0 aromatic heterocycles. The van der Waals surface area contributed by atoms with Gasteiger partial charge in [0.15, 0.2) is 0 Å². The van der Waals surface area contributed by atoms with Crippen LogP contribution < -0.4 is 4.90 Å². The molecule has 1 amide bonds. The van der Waals surface area contributed by atoms with Crippen molar-refractivity contribution in [2.45, 2.75) is 6.92 Å². The topological polar surface area (TPSA) is 20.3 Å². The summed E-state index contributed by atoms with van der Waals surface area (Å²) in [6, 6.07) is 7.70.